The molecule has 6 heteroatoms. The lowest BCUT2D eigenvalue weighted by atomic mass is 9.81. The number of rotatable bonds is 2. The van der Waals surface area contributed by atoms with E-state index in [0.717, 1.165) is 36.1 Å². The van der Waals surface area contributed by atoms with Crippen LogP contribution in [0.3, 0.4) is 0 Å². The zero-order valence-corrected chi connectivity index (χ0v) is 18.4. The minimum Gasteiger partial charge on any atom is -0.487 e. The number of hydrogen-bond donors (Lipinski definition) is 2. The van der Waals surface area contributed by atoms with E-state index in [4.69, 9.17) is 9.47 Å². The van der Waals surface area contributed by atoms with Crippen LogP contribution in [0, 0.1) is 6.92 Å². The molecule has 2 aliphatic rings. The van der Waals surface area contributed by atoms with Crippen molar-refractivity contribution in [2.75, 3.05) is 13.2 Å². The number of thiophene rings is 1. The number of hydrogen-bond acceptors (Lipinski definition) is 4. The number of carbonyl (C=O) groups excluding carboxylic acids is 1. The van der Waals surface area contributed by atoms with Gasteiger partial charge in [-0.15, -0.1) is 0 Å². The molecule has 5 nitrogen and oxygen atoms in total. The van der Waals surface area contributed by atoms with Gasteiger partial charge in [0, 0.05) is 30.4 Å². The number of carbonyl (C=O) groups is 1. The second-order valence-corrected chi connectivity index (χ2v) is 9.97. The number of urea groups is 1. The third kappa shape index (κ3) is 4.43. The quantitative estimate of drug-likeness (QED) is 0.711. The average Bonchev–Trinajstić information content (AvgIpc) is 3.06. The van der Waals surface area contributed by atoms with Gasteiger partial charge in [0.1, 0.15) is 11.4 Å². The molecule has 1 unspecified atom stereocenters. The molecule has 1 atom stereocenters. The molecule has 1 saturated heterocycles. The predicted molar refractivity (Wildman–Crippen MR) is 117 cm³/mol. The van der Waals surface area contributed by atoms with Gasteiger partial charge in [-0.1, -0.05) is 6.07 Å². The molecule has 1 aromatic carbocycles. The minimum absolute atomic E-state index is 0.0990. The maximum atomic E-state index is 12.7. The fourth-order valence-corrected chi connectivity index (χ4v) is 5.06. The Morgan fingerprint density at radius 3 is 2.62 bits per heavy atom. The van der Waals surface area contributed by atoms with Crippen LogP contribution >= 0.6 is 11.3 Å². The van der Waals surface area contributed by atoms with Crippen molar-refractivity contribution in [3.8, 4) is 16.9 Å². The van der Waals surface area contributed by atoms with Crippen molar-refractivity contribution in [3.63, 3.8) is 0 Å². The minimum atomic E-state index is -0.288. The van der Waals surface area contributed by atoms with Crippen molar-refractivity contribution in [3.05, 3.63) is 40.1 Å². The van der Waals surface area contributed by atoms with Crippen LogP contribution in [0.4, 0.5) is 4.79 Å². The van der Waals surface area contributed by atoms with E-state index >= 15 is 0 Å². The van der Waals surface area contributed by atoms with Gasteiger partial charge in [0.25, 0.3) is 0 Å². The summed E-state index contributed by atoms with van der Waals surface area (Å²) in [5.41, 5.74) is 4.16. The number of amides is 2. The number of benzene rings is 1. The Kier molecular flexibility index (Phi) is 5.34. The van der Waals surface area contributed by atoms with Crippen LogP contribution in [-0.2, 0) is 4.74 Å². The number of fused-ring (bicyclic) bond motifs is 1. The SMILES string of the molecule is Cc1cscc1-c1ccc2c(c1)C(NC(=O)NC(C)(C)C)CC1(CCOCC1)O2. The first kappa shape index (κ1) is 20.2. The van der Waals surface area contributed by atoms with Gasteiger partial charge in [-0.2, -0.15) is 11.3 Å². The molecule has 1 fully saturated rings. The summed E-state index contributed by atoms with van der Waals surface area (Å²) in [6.45, 7) is 9.49. The van der Waals surface area contributed by atoms with Gasteiger partial charge in [-0.25, -0.2) is 4.79 Å². The van der Waals surface area contributed by atoms with Crippen molar-refractivity contribution >= 4 is 17.4 Å². The largest absolute Gasteiger partial charge is 0.487 e. The predicted octanol–water partition coefficient (Wildman–Crippen LogP) is 5.19. The van der Waals surface area contributed by atoms with Gasteiger partial charge in [-0.05, 0) is 67.3 Å². The maximum absolute atomic E-state index is 12.7. The fourth-order valence-electron chi connectivity index (χ4n) is 4.21. The number of ether oxygens (including phenoxy) is 2. The highest BCUT2D eigenvalue weighted by Crippen LogP contribution is 2.45. The molecule has 0 bridgehead atoms. The van der Waals surface area contributed by atoms with Gasteiger partial charge in [0.2, 0.25) is 0 Å². The van der Waals surface area contributed by atoms with Crippen LogP contribution in [0.25, 0.3) is 11.1 Å². The Labute approximate surface area is 176 Å². The monoisotopic (exact) mass is 414 g/mol. The lowest BCUT2D eigenvalue weighted by Crippen LogP contribution is -2.52. The van der Waals surface area contributed by atoms with Gasteiger partial charge in [0.15, 0.2) is 0 Å². The van der Waals surface area contributed by atoms with Crippen molar-refractivity contribution in [2.24, 2.45) is 0 Å². The van der Waals surface area contributed by atoms with Crippen LogP contribution in [0.1, 0.15) is 57.2 Å². The molecule has 1 spiro atoms. The summed E-state index contributed by atoms with van der Waals surface area (Å²) in [6, 6.07) is 6.12. The first-order valence-corrected chi connectivity index (χ1v) is 11.2. The van der Waals surface area contributed by atoms with E-state index in [1.54, 1.807) is 11.3 Å². The molecule has 2 aromatic rings. The molecule has 0 aliphatic carbocycles. The van der Waals surface area contributed by atoms with E-state index in [0.29, 0.717) is 13.2 Å². The van der Waals surface area contributed by atoms with Crippen LogP contribution < -0.4 is 15.4 Å². The lowest BCUT2D eigenvalue weighted by Gasteiger charge is -2.44. The summed E-state index contributed by atoms with van der Waals surface area (Å²) in [6.07, 6.45) is 2.45. The van der Waals surface area contributed by atoms with E-state index in [1.807, 2.05) is 20.8 Å². The number of nitrogens with one attached hydrogen (secondary N) is 2. The van der Waals surface area contributed by atoms with Gasteiger partial charge in [-0.3, -0.25) is 0 Å². The van der Waals surface area contributed by atoms with E-state index in [2.05, 4.69) is 46.5 Å². The van der Waals surface area contributed by atoms with Gasteiger partial charge >= 0.3 is 6.03 Å². The lowest BCUT2D eigenvalue weighted by molar-refractivity contribution is -0.0637. The second-order valence-electron chi connectivity index (χ2n) is 9.22. The highest BCUT2D eigenvalue weighted by molar-refractivity contribution is 7.08. The highest BCUT2D eigenvalue weighted by atomic mass is 32.1. The van der Waals surface area contributed by atoms with Crippen molar-refractivity contribution in [1.29, 1.82) is 0 Å². The first-order chi connectivity index (χ1) is 13.7. The van der Waals surface area contributed by atoms with Gasteiger partial charge < -0.3 is 20.1 Å². The maximum Gasteiger partial charge on any atom is 0.315 e. The summed E-state index contributed by atoms with van der Waals surface area (Å²) in [5.74, 6) is 0.871. The summed E-state index contributed by atoms with van der Waals surface area (Å²) >= 11 is 1.71. The molecular weight excluding hydrogens is 384 g/mol. The van der Waals surface area contributed by atoms with Crippen molar-refractivity contribution in [1.82, 2.24) is 10.6 Å². The molecule has 0 radical (unpaired) electrons. The Morgan fingerprint density at radius 1 is 1.21 bits per heavy atom. The molecule has 2 amide bonds. The normalized spacial score (nSPS) is 20.6. The van der Waals surface area contributed by atoms with Crippen LogP contribution in [-0.4, -0.2) is 30.4 Å². The van der Waals surface area contributed by atoms with Crippen molar-refractivity contribution < 1.29 is 14.3 Å². The molecule has 3 heterocycles. The Bertz CT molecular complexity index is 894. The standard InChI is InChI=1S/C23H30N2O3S/c1-15-13-29-14-18(15)16-5-6-20-17(11-16)19(24-21(26)25-22(2,3)4)12-23(28-20)7-9-27-10-8-23/h5-6,11,13-14,19H,7-10,12H2,1-4H3,(H2,24,25,26). The molecular formula is C23H30N2O3S. The zero-order chi connectivity index (χ0) is 20.6. The third-order valence-corrected chi connectivity index (χ3v) is 6.51. The molecule has 2 aliphatic heterocycles. The Morgan fingerprint density at radius 2 is 1.97 bits per heavy atom. The molecule has 2 N–H and O–H groups in total. The number of aryl methyl sites for hydroxylation is 1. The molecule has 29 heavy (non-hydrogen) atoms. The van der Waals surface area contributed by atoms with Crippen LogP contribution in [0.15, 0.2) is 29.0 Å². The van der Waals surface area contributed by atoms with E-state index in [9.17, 15) is 4.79 Å². The van der Waals surface area contributed by atoms with Crippen LogP contribution in [0.5, 0.6) is 5.75 Å². The van der Waals surface area contributed by atoms with E-state index in [1.165, 1.54) is 11.1 Å². The second kappa shape index (κ2) is 7.65. The molecule has 1 aromatic heterocycles. The molecule has 156 valence electrons. The first-order valence-electron chi connectivity index (χ1n) is 10.3. The fraction of sp³-hybridized carbons (Fsp3) is 0.522. The van der Waals surface area contributed by atoms with E-state index < -0.39 is 0 Å². The summed E-state index contributed by atoms with van der Waals surface area (Å²) in [4.78, 5) is 12.7. The summed E-state index contributed by atoms with van der Waals surface area (Å²) < 4.78 is 12.1. The average molecular weight is 415 g/mol. The summed E-state index contributed by atoms with van der Waals surface area (Å²) in [5, 5.41) is 10.6. The van der Waals surface area contributed by atoms with Crippen molar-refractivity contribution in [2.45, 2.75) is 64.1 Å². The topological polar surface area (TPSA) is 59.6 Å². The van der Waals surface area contributed by atoms with Crippen LogP contribution in [0.2, 0.25) is 0 Å². The van der Waals surface area contributed by atoms with Gasteiger partial charge in [0.05, 0.1) is 19.3 Å². The zero-order valence-electron chi connectivity index (χ0n) is 17.6. The van der Waals surface area contributed by atoms with E-state index in [-0.39, 0.29) is 23.2 Å². The highest BCUT2D eigenvalue weighted by Gasteiger charge is 2.43. The third-order valence-electron chi connectivity index (χ3n) is 5.65. The molecule has 4 rings (SSSR count). The summed E-state index contributed by atoms with van der Waals surface area (Å²) in [7, 11) is 0. The Hall–Kier alpha value is -2.05. The smallest absolute Gasteiger partial charge is 0.315 e. The Balaban J connectivity index is 1.68. The molecule has 0 saturated carbocycles.